The third-order valence-corrected chi connectivity index (χ3v) is 5.15. The fraction of sp³-hybridized carbons (Fsp3) is 1.00. The zero-order valence-electron chi connectivity index (χ0n) is 11.6. The molecule has 0 aromatic rings. The van der Waals surface area contributed by atoms with Crippen LogP contribution in [0.2, 0.25) is 0 Å². The van der Waals surface area contributed by atoms with E-state index in [1.807, 2.05) is 0 Å². The van der Waals surface area contributed by atoms with Crippen molar-refractivity contribution in [3.05, 3.63) is 0 Å². The van der Waals surface area contributed by atoms with Crippen LogP contribution in [0.3, 0.4) is 0 Å². The van der Waals surface area contributed by atoms with Crippen LogP contribution < -0.4 is 0 Å². The van der Waals surface area contributed by atoms with Crippen molar-refractivity contribution in [3.8, 4) is 0 Å². The molecule has 1 atom stereocenters. The summed E-state index contributed by atoms with van der Waals surface area (Å²) in [7, 11) is 0. The van der Waals surface area contributed by atoms with Crippen LogP contribution in [0, 0.1) is 11.8 Å². The predicted molar refractivity (Wildman–Crippen MR) is 71.5 cm³/mol. The SMILES string of the molecule is CC1CCC(O)(CN2CCOCC2C2CC2)CC1. The van der Waals surface area contributed by atoms with Crippen LogP contribution >= 0.6 is 0 Å². The molecule has 3 fully saturated rings. The average Bonchev–Trinajstić information content (AvgIpc) is 3.18. The van der Waals surface area contributed by atoms with Crippen molar-refractivity contribution < 1.29 is 9.84 Å². The number of hydrogen-bond donors (Lipinski definition) is 1. The normalized spacial score (nSPS) is 43.0. The molecule has 2 saturated carbocycles. The average molecular weight is 253 g/mol. The molecular weight excluding hydrogens is 226 g/mol. The quantitative estimate of drug-likeness (QED) is 0.835. The van der Waals surface area contributed by atoms with Gasteiger partial charge in [-0.05, 0) is 50.4 Å². The van der Waals surface area contributed by atoms with Crippen LogP contribution in [0.1, 0.15) is 45.4 Å². The Morgan fingerprint density at radius 2 is 1.94 bits per heavy atom. The summed E-state index contributed by atoms with van der Waals surface area (Å²) in [4.78, 5) is 2.52. The molecule has 0 spiro atoms. The largest absolute Gasteiger partial charge is 0.389 e. The second kappa shape index (κ2) is 5.10. The predicted octanol–water partition coefficient (Wildman–Crippen LogP) is 2.04. The molecule has 0 aromatic heterocycles. The standard InChI is InChI=1S/C15H27NO2/c1-12-4-6-15(17,7-5-12)11-16-8-9-18-10-14(16)13-2-3-13/h12-14,17H,2-11H2,1H3. The Bertz CT molecular complexity index is 282. The summed E-state index contributed by atoms with van der Waals surface area (Å²) in [6, 6.07) is 0.585. The molecule has 1 aliphatic heterocycles. The van der Waals surface area contributed by atoms with Gasteiger partial charge in [-0.1, -0.05) is 6.92 Å². The molecule has 0 bridgehead atoms. The van der Waals surface area contributed by atoms with E-state index < -0.39 is 5.60 Å². The minimum Gasteiger partial charge on any atom is -0.389 e. The number of rotatable bonds is 3. The van der Waals surface area contributed by atoms with E-state index >= 15 is 0 Å². The molecule has 1 N–H and O–H groups in total. The lowest BCUT2D eigenvalue weighted by atomic mass is 9.79. The molecule has 2 aliphatic carbocycles. The van der Waals surface area contributed by atoms with Crippen molar-refractivity contribution in [2.45, 2.75) is 57.1 Å². The summed E-state index contributed by atoms with van der Waals surface area (Å²) < 4.78 is 5.63. The molecule has 1 saturated heterocycles. The lowest BCUT2D eigenvalue weighted by molar-refractivity contribution is -0.0819. The maximum atomic E-state index is 10.8. The molecule has 1 heterocycles. The Morgan fingerprint density at radius 3 is 2.61 bits per heavy atom. The van der Waals surface area contributed by atoms with E-state index in [9.17, 15) is 5.11 Å². The molecule has 3 aliphatic rings. The van der Waals surface area contributed by atoms with Gasteiger partial charge in [-0.3, -0.25) is 4.90 Å². The summed E-state index contributed by atoms with van der Waals surface area (Å²) in [6.45, 7) is 5.93. The Kier molecular flexibility index (Phi) is 3.65. The minimum absolute atomic E-state index is 0.420. The van der Waals surface area contributed by atoms with Gasteiger partial charge in [0.25, 0.3) is 0 Å². The monoisotopic (exact) mass is 253 g/mol. The van der Waals surface area contributed by atoms with Crippen molar-refractivity contribution in [3.63, 3.8) is 0 Å². The van der Waals surface area contributed by atoms with Gasteiger partial charge in [0.1, 0.15) is 0 Å². The first kappa shape index (κ1) is 12.9. The molecule has 0 radical (unpaired) electrons. The molecule has 3 rings (SSSR count). The topological polar surface area (TPSA) is 32.7 Å². The van der Waals surface area contributed by atoms with E-state index in [1.165, 1.54) is 25.7 Å². The third kappa shape index (κ3) is 2.89. The summed E-state index contributed by atoms with van der Waals surface area (Å²) in [5.41, 5.74) is -0.420. The van der Waals surface area contributed by atoms with Crippen molar-refractivity contribution in [2.24, 2.45) is 11.8 Å². The highest BCUT2D eigenvalue weighted by Crippen LogP contribution is 2.39. The van der Waals surface area contributed by atoms with Gasteiger partial charge in [-0.25, -0.2) is 0 Å². The highest BCUT2D eigenvalue weighted by atomic mass is 16.5. The molecule has 3 heteroatoms. The third-order valence-electron chi connectivity index (χ3n) is 5.15. The van der Waals surface area contributed by atoms with Crippen molar-refractivity contribution in [1.82, 2.24) is 4.90 Å². The summed E-state index contributed by atoms with van der Waals surface area (Å²) in [5.74, 6) is 1.64. The second-order valence-corrected chi connectivity index (χ2v) is 6.86. The van der Waals surface area contributed by atoms with E-state index in [-0.39, 0.29) is 0 Å². The molecule has 0 aromatic carbocycles. The van der Waals surface area contributed by atoms with Crippen molar-refractivity contribution >= 4 is 0 Å². The highest BCUT2D eigenvalue weighted by molar-refractivity contribution is 4.94. The van der Waals surface area contributed by atoms with Crippen molar-refractivity contribution in [1.29, 1.82) is 0 Å². The van der Waals surface area contributed by atoms with Gasteiger partial charge >= 0.3 is 0 Å². The first-order valence-electron chi connectivity index (χ1n) is 7.70. The Hall–Kier alpha value is -0.120. The lowest BCUT2D eigenvalue weighted by Gasteiger charge is -2.43. The van der Waals surface area contributed by atoms with E-state index in [1.54, 1.807) is 0 Å². The molecule has 0 amide bonds. The van der Waals surface area contributed by atoms with Gasteiger partial charge in [0.15, 0.2) is 0 Å². The molecule has 1 unspecified atom stereocenters. The smallest absolute Gasteiger partial charge is 0.0774 e. The van der Waals surface area contributed by atoms with Crippen LogP contribution in [-0.4, -0.2) is 48.0 Å². The Labute approximate surface area is 110 Å². The molecular formula is C15H27NO2. The fourth-order valence-corrected chi connectivity index (χ4v) is 3.60. The zero-order valence-corrected chi connectivity index (χ0v) is 11.6. The minimum atomic E-state index is -0.420. The Balaban J connectivity index is 1.59. The van der Waals surface area contributed by atoms with Crippen LogP contribution in [0.25, 0.3) is 0 Å². The van der Waals surface area contributed by atoms with E-state index in [0.29, 0.717) is 6.04 Å². The summed E-state index contributed by atoms with van der Waals surface area (Å²) in [6.07, 6.45) is 7.08. The van der Waals surface area contributed by atoms with Crippen LogP contribution in [0.15, 0.2) is 0 Å². The fourth-order valence-electron chi connectivity index (χ4n) is 3.60. The van der Waals surface area contributed by atoms with E-state index in [4.69, 9.17) is 4.74 Å². The number of β-amino-alcohol motifs (C(OH)–C–C–N with tert-alkyl or cyclic N) is 1. The van der Waals surface area contributed by atoms with Gasteiger partial charge in [0.2, 0.25) is 0 Å². The zero-order chi connectivity index (χ0) is 12.6. The van der Waals surface area contributed by atoms with Gasteiger partial charge in [0.05, 0.1) is 18.8 Å². The van der Waals surface area contributed by atoms with E-state index in [2.05, 4.69) is 11.8 Å². The molecule has 18 heavy (non-hydrogen) atoms. The number of ether oxygens (including phenoxy) is 1. The van der Waals surface area contributed by atoms with Gasteiger partial charge in [-0.15, -0.1) is 0 Å². The number of hydrogen-bond acceptors (Lipinski definition) is 3. The van der Waals surface area contributed by atoms with Crippen LogP contribution in [0.4, 0.5) is 0 Å². The second-order valence-electron chi connectivity index (χ2n) is 6.86. The number of aliphatic hydroxyl groups is 1. The van der Waals surface area contributed by atoms with Gasteiger partial charge in [-0.2, -0.15) is 0 Å². The molecule has 3 nitrogen and oxygen atoms in total. The van der Waals surface area contributed by atoms with Crippen molar-refractivity contribution in [2.75, 3.05) is 26.3 Å². The van der Waals surface area contributed by atoms with Crippen LogP contribution in [-0.2, 0) is 4.74 Å². The lowest BCUT2D eigenvalue weighted by Crippen LogP contribution is -2.54. The summed E-state index contributed by atoms with van der Waals surface area (Å²) >= 11 is 0. The van der Waals surface area contributed by atoms with Gasteiger partial charge < -0.3 is 9.84 Å². The number of nitrogens with zero attached hydrogens (tertiary/aromatic N) is 1. The first-order chi connectivity index (χ1) is 8.66. The van der Waals surface area contributed by atoms with Crippen LogP contribution in [0.5, 0.6) is 0 Å². The van der Waals surface area contributed by atoms with E-state index in [0.717, 1.165) is 51.0 Å². The molecule has 104 valence electrons. The number of morpholine rings is 1. The summed E-state index contributed by atoms with van der Waals surface area (Å²) in [5, 5.41) is 10.8. The maximum Gasteiger partial charge on any atom is 0.0774 e. The first-order valence-corrected chi connectivity index (χ1v) is 7.70. The Morgan fingerprint density at radius 1 is 1.22 bits per heavy atom. The maximum absolute atomic E-state index is 10.8. The highest BCUT2D eigenvalue weighted by Gasteiger charge is 2.41. The van der Waals surface area contributed by atoms with Gasteiger partial charge in [0, 0.05) is 19.1 Å².